The molecule has 4 fully saturated rings. The van der Waals surface area contributed by atoms with Gasteiger partial charge in [0.05, 0.1) is 43.1 Å². The van der Waals surface area contributed by atoms with E-state index in [4.69, 9.17) is 57.4 Å². The van der Waals surface area contributed by atoms with E-state index in [0.29, 0.717) is 78.3 Å². The van der Waals surface area contributed by atoms with Crippen molar-refractivity contribution in [2.75, 3.05) is 45.4 Å². The first-order chi connectivity index (χ1) is 59.3. The highest BCUT2D eigenvalue weighted by Gasteiger charge is 2.51. The average Bonchev–Trinajstić information content (AvgIpc) is 1.58. The summed E-state index contributed by atoms with van der Waals surface area (Å²) in [7, 11) is 5.56. The second-order valence-electron chi connectivity index (χ2n) is 33.2. The van der Waals surface area contributed by atoms with Crippen LogP contribution in [0.2, 0.25) is 0 Å². The first-order valence-electron chi connectivity index (χ1n) is 43.7. The zero-order valence-corrected chi connectivity index (χ0v) is 74.6. The summed E-state index contributed by atoms with van der Waals surface area (Å²) in [6, 6.07) is 69.4. The lowest BCUT2D eigenvalue weighted by molar-refractivity contribution is -0.326. The SMILES string of the molecule is CC1CCC(c2ccc(C(=O)O[C@H](c3ccccc3)[C@H](OC(=O)c3ccc(C4CCC(C)CC4)cc3)c3ccccc3)cc2)CC1.Cc1c(OOCc2ccc(OCCC(C)CCCP)cc2)ccc(OC(=O)c2ccc(OCCC(C)CCCP)cc2)c1C.Cc1ccc(/C=C\C(=O)OC2CO[C@@H]3[C@@H](OOC/C=C/c4ccc(C)cc4)CO[C@H]23)cc1.[2HH].[2HH]. The molecule has 13 rings (SSSR count). The molecule has 0 spiro atoms. The summed E-state index contributed by atoms with van der Waals surface area (Å²) in [6.07, 6.45) is 22.8. The fourth-order valence-corrected chi connectivity index (χ4v) is 16.0. The third-order valence-corrected chi connectivity index (χ3v) is 24.4. The largest absolute Gasteiger partial charge is 0.494 e. The van der Waals surface area contributed by atoms with Gasteiger partial charge in [0.2, 0.25) is 0 Å². The van der Waals surface area contributed by atoms with Gasteiger partial charge in [-0.05, 0) is 250 Å². The van der Waals surface area contributed by atoms with Crippen LogP contribution >= 0.6 is 18.5 Å². The molecule has 0 bridgehead atoms. The van der Waals surface area contributed by atoms with Gasteiger partial charge in [-0.15, -0.1) is 18.5 Å². The molecule has 9 aromatic carbocycles. The molecule has 122 heavy (non-hydrogen) atoms. The van der Waals surface area contributed by atoms with Crippen molar-refractivity contribution in [1.29, 1.82) is 0 Å². The van der Waals surface area contributed by atoms with Crippen molar-refractivity contribution in [3.8, 4) is 23.0 Å². The van der Waals surface area contributed by atoms with Crippen LogP contribution in [0.3, 0.4) is 0 Å². The summed E-state index contributed by atoms with van der Waals surface area (Å²) in [5.41, 5.74) is 12.6. The molecule has 0 amide bonds. The van der Waals surface area contributed by atoms with Crippen molar-refractivity contribution in [3.05, 3.63) is 308 Å². The molecule has 0 aromatic heterocycles. The smallest absolute Gasteiger partial charge is 0.343 e. The van der Waals surface area contributed by atoms with Crippen LogP contribution in [0.25, 0.3) is 12.2 Å². The van der Waals surface area contributed by atoms with Crippen LogP contribution in [0.4, 0.5) is 0 Å². The minimum absolute atomic E-state index is 0. The molecule has 18 heteroatoms. The van der Waals surface area contributed by atoms with Crippen LogP contribution in [0.1, 0.15) is 237 Å². The topological polar surface area (TPSA) is 179 Å². The summed E-state index contributed by atoms with van der Waals surface area (Å²) in [5, 5.41) is 0. The number of fused-ring (bicyclic) bond motifs is 1. The van der Waals surface area contributed by atoms with Crippen LogP contribution in [0.15, 0.2) is 231 Å². The van der Waals surface area contributed by atoms with Crippen molar-refractivity contribution < 1.29 is 79.5 Å². The van der Waals surface area contributed by atoms with E-state index in [2.05, 4.69) is 89.5 Å². The van der Waals surface area contributed by atoms with Gasteiger partial charge in [-0.3, -0.25) is 0 Å². The normalized spacial score (nSPS) is 19.6. The van der Waals surface area contributed by atoms with E-state index in [1.807, 2.05) is 191 Å². The number of benzene rings is 9. The highest BCUT2D eigenvalue weighted by atomic mass is 31.0. The fraction of sp³-hybridized carbons (Fsp3) is 0.404. The fourth-order valence-electron chi connectivity index (χ4n) is 15.5. The van der Waals surface area contributed by atoms with E-state index < -0.39 is 42.2 Å². The predicted octanol–water partition coefficient (Wildman–Crippen LogP) is 24.5. The van der Waals surface area contributed by atoms with Crippen molar-refractivity contribution >= 4 is 54.5 Å². The summed E-state index contributed by atoms with van der Waals surface area (Å²) < 4.78 is 47.1. The molecule has 5 unspecified atom stereocenters. The molecule has 2 saturated heterocycles. The molecular weight excluding hydrogens is 1570 g/mol. The number of carbonyl (C=O) groups is 4. The second-order valence-corrected chi connectivity index (χ2v) is 34.4. The quantitative estimate of drug-likeness (QED) is 0.00524. The number of hydrogen-bond acceptors (Lipinski definition) is 16. The van der Waals surface area contributed by atoms with Crippen LogP contribution in [-0.4, -0.2) is 93.7 Å². The number of esters is 4. The Morgan fingerprint density at radius 2 is 0.902 bits per heavy atom. The third-order valence-electron chi connectivity index (χ3n) is 23.6. The summed E-state index contributed by atoms with van der Waals surface area (Å²) in [6.45, 7) is 19.6. The molecule has 2 aliphatic carbocycles. The minimum Gasteiger partial charge on any atom is -0.494 e. The van der Waals surface area contributed by atoms with Crippen LogP contribution in [0.5, 0.6) is 23.0 Å². The Bertz CT molecular complexity index is 4590. The molecule has 2 saturated carbocycles. The van der Waals surface area contributed by atoms with Gasteiger partial charge in [0.25, 0.3) is 0 Å². The maximum Gasteiger partial charge on any atom is 0.343 e. The Morgan fingerprint density at radius 3 is 1.39 bits per heavy atom. The van der Waals surface area contributed by atoms with Gasteiger partial charge in [0, 0.05) is 14.5 Å². The zero-order chi connectivity index (χ0) is 86.0. The van der Waals surface area contributed by atoms with Crippen LogP contribution < -0.4 is 19.1 Å². The highest BCUT2D eigenvalue weighted by molar-refractivity contribution is 7.16. The first kappa shape index (κ1) is 93.1. The molecule has 2 aliphatic heterocycles. The van der Waals surface area contributed by atoms with E-state index in [1.165, 1.54) is 105 Å². The van der Waals surface area contributed by atoms with E-state index >= 15 is 0 Å². The number of carbonyl (C=O) groups excluding carboxylic acids is 4. The third kappa shape index (κ3) is 29.3. The molecule has 0 radical (unpaired) electrons. The number of aryl methyl sites for hydroxylation is 2. The molecule has 0 N–H and O–H groups in total. The minimum atomic E-state index is -0.844. The van der Waals surface area contributed by atoms with Gasteiger partial charge in [-0.1, -0.05) is 235 Å². The standard InChI is InChI=1S/C42H46O4.C36H50O6P2.C26H28O6.2H2/c1-29-13-17-31(18-14-29)33-21-25-37(26-22-33)41(43)45-39(35-9-5-3-6-10-35)40(36-11-7-4-8-12-36)46-42(44)38-27-23-34(24-28-38)32-19-15-30(2)16-20-32;1-26(7-5-23-43)19-21-38-32-13-9-30(10-14-32)25-40-42-35-18-17-34(28(3)29(35)4)41-36(37)31-11-15-33(16-12-31)39-22-20-27(2)8-6-24-44;1-18-5-9-20(10-6-18)4-3-15-30-32-23-17-29-25-22(16-28-26(23)25)31-24(27)14-13-21-11-7-19(2)8-12-21;;/h3-12,21-32,39-40H,13-20H2,1-2H3;9-18,26-27H,5-8,19-25,43-44H2,1-4H3;3-14,22-23,25-26H,15-17H2,1-2H3;2*1H/b;;4-3+,14-13-;;/t29?,30?,31?,32?,39-,40-;;22?,23-,25+,26+;;/m1.0../s1/i;;;2*1+1. The summed E-state index contributed by atoms with van der Waals surface area (Å²) >= 11 is 0. The molecule has 9 aromatic rings. The van der Waals surface area contributed by atoms with Gasteiger partial charge in [-0.25, -0.2) is 29.0 Å². The van der Waals surface area contributed by atoms with Gasteiger partial charge >= 0.3 is 23.9 Å². The van der Waals surface area contributed by atoms with E-state index in [1.54, 1.807) is 30.3 Å². The first-order valence-corrected chi connectivity index (χ1v) is 45.3. The molecule has 10 atom stereocenters. The zero-order valence-electron chi connectivity index (χ0n) is 72.3. The van der Waals surface area contributed by atoms with Crippen LogP contribution in [0, 0.1) is 51.4 Å². The molecule has 16 nitrogen and oxygen atoms in total. The maximum absolute atomic E-state index is 13.7. The predicted molar refractivity (Wildman–Crippen MR) is 493 cm³/mol. The summed E-state index contributed by atoms with van der Waals surface area (Å²) in [4.78, 5) is 74.4. The Kier molecular flexibility index (Phi) is 37.4. The number of ether oxygens (including phenoxy) is 8. The lowest BCUT2D eigenvalue weighted by Crippen LogP contribution is -2.34. The highest BCUT2D eigenvalue weighted by Crippen LogP contribution is 2.41. The lowest BCUT2D eigenvalue weighted by Gasteiger charge is -2.28. The second kappa shape index (κ2) is 49.0. The van der Waals surface area contributed by atoms with E-state index in [-0.39, 0.29) is 27.8 Å². The summed E-state index contributed by atoms with van der Waals surface area (Å²) in [5.74, 6) is 4.89. The molecule has 650 valence electrons. The number of rotatable bonds is 37. The van der Waals surface area contributed by atoms with Crippen molar-refractivity contribution in [2.45, 2.75) is 200 Å². The van der Waals surface area contributed by atoms with Gasteiger partial charge in [-0.2, -0.15) is 4.89 Å². The van der Waals surface area contributed by atoms with Crippen molar-refractivity contribution in [1.82, 2.24) is 0 Å². The Hall–Kier alpha value is -9.60. The van der Waals surface area contributed by atoms with E-state index in [0.717, 1.165) is 94.1 Å². The molecular formula is C104H128O16P2. The van der Waals surface area contributed by atoms with Crippen molar-refractivity contribution in [3.63, 3.8) is 0 Å². The van der Waals surface area contributed by atoms with Gasteiger partial charge < -0.3 is 42.8 Å². The monoisotopic (exact) mass is 1700 g/mol. The number of hydrogen-bond donors (Lipinski definition) is 0. The molecule has 2 heterocycles. The average molecular weight is 1700 g/mol. The van der Waals surface area contributed by atoms with Crippen molar-refractivity contribution in [2.24, 2.45) is 23.7 Å². The van der Waals surface area contributed by atoms with Gasteiger partial charge in [0.1, 0.15) is 48.8 Å². The van der Waals surface area contributed by atoms with Crippen LogP contribution in [-0.2, 0) is 49.7 Å². The van der Waals surface area contributed by atoms with E-state index in [9.17, 15) is 19.2 Å². The Morgan fingerprint density at radius 1 is 0.467 bits per heavy atom. The maximum atomic E-state index is 13.7. The Balaban J connectivity index is 0.000000212. The lowest BCUT2D eigenvalue weighted by atomic mass is 9.79. The van der Waals surface area contributed by atoms with Gasteiger partial charge in [0.15, 0.2) is 24.1 Å². The Labute approximate surface area is 730 Å². The molecule has 4 aliphatic rings.